The molecule has 2 aromatic heterocycles. The topological polar surface area (TPSA) is 45.8 Å². The second-order valence-electron chi connectivity index (χ2n) is 5.06. The van der Waals surface area contributed by atoms with Gasteiger partial charge in [-0.25, -0.2) is 4.98 Å². The first-order chi connectivity index (χ1) is 9.67. The molecule has 1 N–H and O–H groups in total. The number of H-pyrrole nitrogens is 1. The predicted molar refractivity (Wildman–Crippen MR) is 82.8 cm³/mol. The van der Waals surface area contributed by atoms with E-state index in [4.69, 9.17) is 11.6 Å². The van der Waals surface area contributed by atoms with Gasteiger partial charge in [0.05, 0.1) is 11.3 Å². The lowest BCUT2D eigenvalue weighted by molar-refractivity contribution is 1.04. The molecule has 1 aromatic carbocycles. The number of aryl methyl sites for hydroxylation is 1. The first kappa shape index (κ1) is 12.1. The Hall–Kier alpha value is -1.65. The van der Waals surface area contributed by atoms with Crippen LogP contribution in [0, 0.1) is 6.92 Å². The van der Waals surface area contributed by atoms with Crippen LogP contribution in [0.3, 0.4) is 0 Å². The van der Waals surface area contributed by atoms with E-state index in [-0.39, 0.29) is 11.4 Å². The van der Waals surface area contributed by atoms with Crippen LogP contribution in [0.1, 0.15) is 21.8 Å². The summed E-state index contributed by atoms with van der Waals surface area (Å²) < 4.78 is 0. The van der Waals surface area contributed by atoms with Crippen LogP contribution in [0.5, 0.6) is 0 Å². The number of benzene rings is 1. The van der Waals surface area contributed by atoms with Crippen molar-refractivity contribution >= 4 is 33.2 Å². The zero-order chi connectivity index (χ0) is 13.9. The van der Waals surface area contributed by atoms with Crippen LogP contribution in [-0.2, 0) is 12.3 Å². The lowest BCUT2D eigenvalue weighted by Gasteiger charge is -2.02. The van der Waals surface area contributed by atoms with Gasteiger partial charge in [-0.1, -0.05) is 23.8 Å². The third-order valence-corrected chi connectivity index (χ3v) is 5.03. The molecule has 0 radical (unpaired) electrons. The average molecular weight is 303 g/mol. The van der Waals surface area contributed by atoms with E-state index in [2.05, 4.69) is 35.1 Å². The second kappa shape index (κ2) is 4.17. The maximum absolute atomic E-state index is 12.3. The number of rotatable bonds is 1. The largest absolute Gasteiger partial charge is 0.309 e. The SMILES string of the molecule is Cc1ccc2c(c1)-c1c(sc3nc(CCl)[nH]c(=O)c13)C2. The molecular weight excluding hydrogens is 292 g/mol. The minimum Gasteiger partial charge on any atom is -0.309 e. The Kier molecular flexibility index (Phi) is 2.53. The van der Waals surface area contributed by atoms with Crippen molar-refractivity contribution in [2.75, 3.05) is 0 Å². The van der Waals surface area contributed by atoms with E-state index in [1.54, 1.807) is 11.3 Å². The van der Waals surface area contributed by atoms with Crippen LogP contribution in [0.25, 0.3) is 21.3 Å². The number of thiophene rings is 1. The van der Waals surface area contributed by atoms with Crippen LogP contribution in [0.2, 0.25) is 0 Å². The van der Waals surface area contributed by atoms with Crippen LogP contribution >= 0.6 is 22.9 Å². The number of nitrogens with zero attached hydrogens (tertiary/aromatic N) is 1. The average Bonchev–Trinajstić information content (AvgIpc) is 2.94. The molecule has 2 heterocycles. The maximum atomic E-state index is 12.3. The maximum Gasteiger partial charge on any atom is 0.260 e. The minimum atomic E-state index is -0.0856. The summed E-state index contributed by atoms with van der Waals surface area (Å²) >= 11 is 7.37. The summed E-state index contributed by atoms with van der Waals surface area (Å²) in [5, 5.41) is 0.711. The number of alkyl halides is 1. The third-order valence-electron chi connectivity index (χ3n) is 3.70. The molecule has 3 nitrogen and oxygen atoms in total. The summed E-state index contributed by atoms with van der Waals surface area (Å²) in [6.07, 6.45) is 0.890. The monoisotopic (exact) mass is 302 g/mol. The molecule has 0 fully saturated rings. The Morgan fingerprint density at radius 3 is 3.10 bits per heavy atom. The van der Waals surface area contributed by atoms with Crippen LogP contribution in [0.15, 0.2) is 23.0 Å². The van der Waals surface area contributed by atoms with E-state index in [1.807, 2.05) is 0 Å². The summed E-state index contributed by atoms with van der Waals surface area (Å²) in [6.45, 7) is 2.07. The van der Waals surface area contributed by atoms with E-state index < -0.39 is 0 Å². The Morgan fingerprint density at radius 2 is 2.30 bits per heavy atom. The van der Waals surface area contributed by atoms with Gasteiger partial charge in [-0.3, -0.25) is 4.79 Å². The summed E-state index contributed by atoms with van der Waals surface area (Å²) in [5.41, 5.74) is 4.66. The van der Waals surface area contributed by atoms with Crippen molar-refractivity contribution < 1.29 is 0 Å². The van der Waals surface area contributed by atoms with Gasteiger partial charge in [0.15, 0.2) is 0 Å². The Morgan fingerprint density at radius 1 is 1.45 bits per heavy atom. The van der Waals surface area contributed by atoms with Crippen molar-refractivity contribution in [3.05, 3.63) is 50.4 Å². The molecule has 0 saturated heterocycles. The number of aromatic nitrogens is 2. The van der Waals surface area contributed by atoms with E-state index in [9.17, 15) is 4.79 Å². The van der Waals surface area contributed by atoms with Crippen molar-refractivity contribution in [2.24, 2.45) is 0 Å². The molecule has 100 valence electrons. The van der Waals surface area contributed by atoms with E-state index in [0.29, 0.717) is 11.2 Å². The number of hydrogen-bond acceptors (Lipinski definition) is 3. The van der Waals surface area contributed by atoms with Gasteiger partial charge >= 0.3 is 0 Å². The van der Waals surface area contributed by atoms with Crippen molar-refractivity contribution in [3.8, 4) is 11.1 Å². The normalized spacial score (nSPS) is 12.7. The standard InChI is InChI=1S/C15H11ClN2OS/c1-7-2-3-8-5-10-12(9(8)4-7)13-14(19)17-11(6-16)18-15(13)20-10/h2-4H,5-6H2,1H3,(H,17,18,19). The highest BCUT2D eigenvalue weighted by atomic mass is 35.5. The molecule has 0 bridgehead atoms. The number of halogens is 1. The van der Waals surface area contributed by atoms with Crippen molar-refractivity contribution in [3.63, 3.8) is 0 Å². The molecule has 0 unspecified atom stereocenters. The van der Waals surface area contributed by atoms with Crippen LogP contribution < -0.4 is 5.56 Å². The molecule has 1 aliphatic rings. The lowest BCUT2D eigenvalue weighted by Crippen LogP contribution is -2.10. The quantitative estimate of drug-likeness (QED) is 0.546. The molecule has 20 heavy (non-hydrogen) atoms. The van der Waals surface area contributed by atoms with Gasteiger partial charge < -0.3 is 4.98 Å². The molecule has 0 saturated carbocycles. The molecule has 1 aliphatic carbocycles. The zero-order valence-corrected chi connectivity index (χ0v) is 12.4. The first-order valence-corrected chi connectivity index (χ1v) is 7.73. The summed E-state index contributed by atoms with van der Waals surface area (Å²) in [7, 11) is 0. The van der Waals surface area contributed by atoms with Crippen molar-refractivity contribution in [1.82, 2.24) is 9.97 Å². The highest BCUT2D eigenvalue weighted by Crippen LogP contribution is 2.44. The fourth-order valence-electron chi connectivity index (χ4n) is 2.82. The highest BCUT2D eigenvalue weighted by Gasteiger charge is 2.26. The lowest BCUT2D eigenvalue weighted by atomic mass is 10.0. The third kappa shape index (κ3) is 1.58. The number of fused-ring (bicyclic) bond motifs is 5. The molecule has 0 atom stereocenters. The van der Waals surface area contributed by atoms with Gasteiger partial charge in [0.2, 0.25) is 0 Å². The minimum absolute atomic E-state index is 0.0856. The first-order valence-electron chi connectivity index (χ1n) is 6.38. The zero-order valence-electron chi connectivity index (χ0n) is 10.8. The fraction of sp³-hybridized carbons (Fsp3) is 0.200. The number of aromatic amines is 1. The fourth-order valence-corrected chi connectivity index (χ4v) is 4.18. The Labute approximate surface area is 124 Å². The molecule has 0 amide bonds. The molecule has 0 spiro atoms. The highest BCUT2D eigenvalue weighted by molar-refractivity contribution is 7.19. The predicted octanol–water partition coefficient (Wildman–Crippen LogP) is 3.60. The van der Waals surface area contributed by atoms with Crippen molar-refractivity contribution in [2.45, 2.75) is 19.2 Å². The van der Waals surface area contributed by atoms with Gasteiger partial charge in [0, 0.05) is 16.9 Å². The molecule has 3 aromatic rings. The smallest absolute Gasteiger partial charge is 0.260 e. The summed E-state index contributed by atoms with van der Waals surface area (Å²) in [4.78, 5) is 21.6. The van der Waals surface area contributed by atoms with Gasteiger partial charge in [-0.05, 0) is 18.1 Å². The van der Waals surface area contributed by atoms with E-state index in [0.717, 1.165) is 16.8 Å². The Balaban J connectivity index is 2.10. The Bertz CT molecular complexity index is 910. The van der Waals surface area contributed by atoms with Crippen LogP contribution in [0.4, 0.5) is 0 Å². The van der Waals surface area contributed by atoms with Gasteiger partial charge in [0.1, 0.15) is 10.7 Å². The van der Waals surface area contributed by atoms with Crippen molar-refractivity contribution in [1.29, 1.82) is 0 Å². The summed E-state index contributed by atoms with van der Waals surface area (Å²) in [6, 6.07) is 6.42. The molecule has 5 heteroatoms. The van der Waals surface area contributed by atoms with Gasteiger partial charge in [-0.2, -0.15) is 0 Å². The molecular formula is C15H11ClN2OS. The van der Waals surface area contributed by atoms with E-state index in [1.165, 1.54) is 21.6 Å². The summed E-state index contributed by atoms with van der Waals surface area (Å²) in [5.74, 6) is 0.761. The van der Waals surface area contributed by atoms with Gasteiger partial charge in [0.25, 0.3) is 5.56 Å². The van der Waals surface area contributed by atoms with E-state index >= 15 is 0 Å². The molecule has 0 aliphatic heterocycles. The number of nitrogens with one attached hydrogen (secondary N) is 1. The number of hydrogen-bond donors (Lipinski definition) is 1. The van der Waals surface area contributed by atoms with Crippen LogP contribution in [-0.4, -0.2) is 9.97 Å². The second-order valence-corrected chi connectivity index (χ2v) is 6.41. The molecule has 4 rings (SSSR count). The van der Waals surface area contributed by atoms with Gasteiger partial charge in [-0.15, -0.1) is 22.9 Å².